The molecule has 0 spiro atoms. The Morgan fingerprint density at radius 1 is 1.12 bits per heavy atom. The summed E-state index contributed by atoms with van der Waals surface area (Å²) in [6.07, 6.45) is 0. The van der Waals surface area contributed by atoms with E-state index in [1.165, 1.54) is 5.56 Å². The standard InChI is InChI=1S/C19H28N4O.ClH/c1-12(2)14-6-8-15(9-7-14)16(20)11-21-19(24)17-10-18(13(3)4)23(5)22-17;/h6-10,12-13,16H,11,20H2,1-5H3,(H,21,24);1H. The van der Waals surface area contributed by atoms with Crippen molar-refractivity contribution in [2.24, 2.45) is 12.8 Å². The van der Waals surface area contributed by atoms with Crippen LogP contribution in [0.25, 0.3) is 0 Å². The summed E-state index contributed by atoms with van der Waals surface area (Å²) in [7, 11) is 1.86. The lowest BCUT2D eigenvalue weighted by molar-refractivity contribution is 0.0945. The van der Waals surface area contributed by atoms with Crippen LogP contribution in [0.5, 0.6) is 0 Å². The highest BCUT2D eigenvalue weighted by atomic mass is 35.5. The Balaban J connectivity index is 0.00000312. The van der Waals surface area contributed by atoms with Crippen LogP contribution in [0.2, 0.25) is 0 Å². The average Bonchev–Trinajstić information content (AvgIpc) is 2.94. The third-order valence-corrected chi connectivity index (χ3v) is 4.25. The Hall–Kier alpha value is -1.85. The minimum atomic E-state index is -0.233. The molecule has 1 heterocycles. The van der Waals surface area contributed by atoms with E-state index in [-0.39, 0.29) is 24.4 Å². The normalized spacial score (nSPS) is 12.2. The van der Waals surface area contributed by atoms with E-state index in [2.05, 4.69) is 50.2 Å². The lowest BCUT2D eigenvalue weighted by Gasteiger charge is -2.14. The van der Waals surface area contributed by atoms with Crippen LogP contribution >= 0.6 is 12.4 Å². The Morgan fingerprint density at radius 2 is 1.68 bits per heavy atom. The second kappa shape index (κ2) is 9.02. The molecule has 1 atom stereocenters. The van der Waals surface area contributed by atoms with Crippen molar-refractivity contribution in [1.82, 2.24) is 15.1 Å². The molecule has 2 rings (SSSR count). The number of rotatable bonds is 6. The van der Waals surface area contributed by atoms with Gasteiger partial charge < -0.3 is 11.1 Å². The predicted molar refractivity (Wildman–Crippen MR) is 104 cm³/mol. The van der Waals surface area contributed by atoms with Gasteiger partial charge in [-0.3, -0.25) is 9.48 Å². The molecule has 1 amide bonds. The maximum absolute atomic E-state index is 12.3. The molecule has 0 saturated heterocycles. The molecule has 3 N–H and O–H groups in total. The minimum absolute atomic E-state index is 0. The number of halogens is 1. The molecule has 2 aromatic rings. The molecule has 0 aliphatic carbocycles. The molecule has 0 bridgehead atoms. The zero-order valence-corrected chi connectivity index (χ0v) is 16.4. The van der Waals surface area contributed by atoms with Crippen molar-refractivity contribution in [2.45, 2.75) is 45.6 Å². The fraction of sp³-hybridized carbons (Fsp3) is 0.474. The molecule has 25 heavy (non-hydrogen) atoms. The van der Waals surface area contributed by atoms with Gasteiger partial charge in [0.2, 0.25) is 0 Å². The van der Waals surface area contributed by atoms with Crippen molar-refractivity contribution >= 4 is 18.3 Å². The number of aryl methyl sites for hydroxylation is 1. The summed E-state index contributed by atoms with van der Waals surface area (Å²) in [5, 5.41) is 7.15. The summed E-state index contributed by atoms with van der Waals surface area (Å²) in [6, 6.07) is 9.85. The topological polar surface area (TPSA) is 72.9 Å². The van der Waals surface area contributed by atoms with E-state index in [4.69, 9.17) is 5.73 Å². The Kier molecular flexibility index (Phi) is 7.64. The van der Waals surface area contributed by atoms with Crippen LogP contribution in [0.15, 0.2) is 30.3 Å². The van der Waals surface area contributed by atoms with Gasteiger partial charge in [0.15, 0.2) is 0 Å². The van der Waals surface area contributed by atoms with Gasteiger partial charge in [-0.05, 0) is 29.0 Å². The molecule has 0 radical (unpaired) electrons. The number of nitrogens with one attached hydrogen (secondary N) is 1. The number of nitrogens with two attached hydrogens (primary N) is 1. The second-order valence-corrected chi connectivity index (χ2v) is 6.87. The number of hydrogen-bond acceptors (Lipinski definition) is 3. The molecule has 0 fully saturated rings. The number of carbonyl (C=O) groups is 1. The smallest absolute Gasteiger partial charge is 0.271 e. The molecule has 1 unspecified atom stereocenters. The van der Waals surface area contributed by atoms with Crippen LogP contribution in [0.4, 0.5) is 0 Å². The fourth-order valence-corrected chi connectivity index (χ4v) is 2.67. The fourth-order valence-electron chi connectivity index (χ4n) is 2.67. The minimum Gasteiger partial charge on any atom is -0.349 e. The summed E-state index contributed by atoms with van der Waals surface area (Å²) >= 11 is 0. The van der Waals surface area contributed by atoms with E-state index in [1.807, 2.05) is 25.2 Å². The highest BCUT2D eigenvalue weighted by molar-refractivity contribution is 5.92. The highest BCUT2D eigenvalue weighted by Gasteiger charge is 2.16. The van der Waals surface area contributed by atoms with E-state index in [1.54, 1.807) is 4.68 Å². The van der Waals surface area contributed by atoms with Crippen molar-refractivity contribution in [3.8, 4) is 0 Å². The van der Waals surface area contributed by atoms with Crippen LogP contribution in [-0.2, 0) is 7.05 Å². The highest BCUT2D eigenvalue weighted by Crippen LogP contribution is 2.18. The molecule has 5 nitrogen and oxygen atoms in total. The van der Waals surface area contributed by atoms with E-state index in [9.17, 15) is 4.79 Å². The summed E-state index contributed by atoms with van der Waals surface area (Å²) < 4.78 is 1.75. The van der Waals surface area contributed by atoms with Gasteiger partial charge in [-0.1, -0.05) is 52.0 Å². The van der Waals surface area contributed by atoms with Gasteiger partial charge in [-0.25, -0.2) is 0 Å². The van der Waals surface area contributed by atoms with Gasteiger partial charge in [0.05, 0.1) is 0 Å². The van der Waals surface area contributed by atoms with E-state index >= 15 is 0 Å². The monoisotopic (exact) mass is 364 g/mol. The zero-order chi connectivity index (χ0) is 17.9. The molecular weight excluding hydrogens is 336 g/mol. The first kappa shape index (κ1) is 21.2. The summed E-state index contributed by atoms with van der Waals surface area (Å²) in [5.41, 5.74) is 9.96. The number of hydrogen-bond donors (Lipinski definition) is 2. The lowest BCUT2D eigenvalue weighted by atomic mass is 9.99. The third-order valence-electron chi connectivity index (χ3n) is 4.25. The maximum atomic E-state index is 12.3. The predicted octanol–water partition coefficient (Wildman–Crippen LogP) is 3.52. The number of aromatic nitrogens is 2. The van der Waals surface area contributed by atoms with E-state index < -0.39 is 0 Å². The first-order chi connectivity index (χ1) is 11.3. The maximum Gasteiger partial charge on any atom is 0.271 e. The number of benzene rings is 1. The third kappa shape index (κ3) is 5.31. The summed E-state index contributed by atoms with van der Waals surface area (Å²) in [5.74, 6) is 0.631. The molecule has 1 aromatic carbocycles. The van der Waals surface area contributed by atoms with Gasteiger partial charge in [-0.2, -0.15) is 5.10 Å². The molecule has 138 valence electrons. The molecule has 0 aliphatic heterocycles. The van der Waals surface area contributed by atoms with Crippen LogP contribution in [0, 0.1) is 0 Å². The van der Waals surface area contributed by atoms with Crippen LogP contribution in [0.3, 0.4) is 0 Å². The Morgan fingerprint density at radius 3 is 2.16 bits per heavy atom. The lowest BCUT2D eigenvalue weighted by Crippen LogP contribution is -2.32. The molecule has 0 saturated carbocycles. The van der Waals surface area contributed by atoms with E-state index in [0.29, 0.717) is 24.1 Å². The SMILES string of the molecule is CC(C)c1ccc(C(N)CNC(=O)c2cc(C(C)C)n(C)n2)cc1.Cl. The van der Waals surface area contributed by atoms with Gasteiger partial charge in [0, 0.05) is 25.3 Å². The Bertz CT molecular complexity index is 692. The first-order valence-electron chi connectivity index (χ1n) is 8.47. The van der Waals surface area contributed by atoms with Crippen LogP contribution in [0.1, 0.15) is 72.9 Å². The molecular formula is C19H29ClN4O. The Labute approximate surface area is 156 Å². The van der Waals surface area contributed by atoms with Gasteiger partial charge >= 0.3 is 0 Å². The molecule has 0 aliphatic rings. The molecule has 6 heteroatoms. The van der Waals surface area contributed by atoms with Gasteiger partial charge in [0.1, 0.15) is 5.69 Å². The van der Waals surface area contributed by atoms with Gasteiger partial charge in [-0.15, -0.1) is 12.4 Å². The van der Waals surface area contributed by atoms with Crippen molar-refractivity contribution < 1.29 is 4.79 Å². The first-order valence-corrected chi connectivity index (χ1v) is 8.47. The number of carbonyl (C=O) groups excluding carboxylic acids is 1. The van der Waals surface area contributed by atoms with Crippen LogP contribution in [-0.4, -0.2) is 22.2 Å². The second-order valence-electron chi connectivity index (χ2n) is 6.87. The van der Waals surface area contributed by atoms with Crippen LogP contribution < -0.4 is 11.1 Å². The zero-order valence-electron chi connectivity index (χ0n) is 15.6. The number of nitrogens with zero attached hydrogens (tertiary/aromatic N) is 2. The number of amides is 1. The quantitative estimate of drug-likeness (QED) is 0.823. The van der Waals surface area contributed by atoms with Gasteiger partial charge in [0.25, 0.3) is 5.91 Å². The molecule has 1 aromatic heterocycles. The van der Waals surface area contributed by atoms with Crippen molar-refractivity contribution in [3.63, 3.8) is 0 Å². The summed E-state index contributed by atoms with van der Waals surface area (Å²) in [4.78, 5) is 12.3. The van der Waals surface area contributed by atoms with E-state index in [0.717, 1.165) is 11.3 Å². The summed E-state index contributed by atoms with van der Waals surface area (Å²) in [6.45, 7) is 8.86. The van der Waals surface area contributed by atoms with Crippen molar-refractivity contribution in [3.05, 3.63) is 52.8 Å². The van der Waals surface area contributed by atoms with Crippen molar-refractivity contribution in [2.75, 3.05) is 6.54 Å². The largest absolute Gasteiger partial charge is 0.349 e. The van der Waals surface area contributed by atoms with Crippen molar-refractivity contribution in [1.29, 1.82) is 0 Å². The average molecular weight is 365 g/mol.